The molecule has 4 heterocycles. The van der Waals surface area contributed by atoms with Crippen LogP contribution in [0, 0.1) is 0 Å². The molecule has 5 rings (SSSR count). The molecule has 0 unspecified atom stereocenters. The monoisotopic (exact) mass is 593 g/mol. The molecule has 204 valence electrons. The molecule has 0 saturated carbocycles. The Hall–Kier alpha value is -2.29. The molecular formula is C25H31N5O4S4. The van der Waals surface area contributed by atoms with Gasteiger partial charge in [0, 0.05) is 55.2 Å². The highest BCUT2D eigenvalue weighted by atomic mass is 32.2. The Kier molecular flexibility index (Phi) is 7.68. The van der Waals surface area contributed by atoms with Gasteiger partial charge in [-0.2, -0.15) is 4.31 Å². The minimum absolute atomic E-state index is 0.131. The van der Waals surface area contributed by atoms with Gasteiger partial charge < -0.3 is 4.98 Å². The Bertz CT molecular complexity index is 1620. The molecule has 13 heteroatoms. The van der Waals surface area contributed by atoms with Crippen molar-refractivity contribution in [3.05, 3.63) is 52.9 Å². The molecule has 1 aromatic carbocycles. The third-order valence-electron chi connectivity index (χ3n) is 6.60. The SMILES string of the molecule is CCS(=O)(=O)N1CCN(Cc2cnc(-c3cc4cccc(N(C(C)C)S(=O)(=O)c5cccs5)c4[nH]3)s2)CC1. The van der Waals surface area contributed by atoms with Gasteiger partial charge in [0.15, 0.2) is 0 Å². The summed E-state index contributed by atoms with van der Waals surface area (Å²) in [7, 11) is -6.86. The largest absolute Gasteiger partial charge is 0.351 e. The predicted octanol–water partition coefficient (Wildman–Crippen LogP) is 4.42. The summed E-state index contributed by atoms with van der Waals surface area (Å²) in [4.78, 5) is 11.4. The van der Waals surface area contributed by atoms with Crippen LogP contribution in [-0.4, -0.2) is 74.0 Å². The zero-order valence-corrected chi connectivity index (χ0v) is 24.8. The Morgan fingerprint density at radius 3 is 2.50 bits per heavy atom. The summed E-state index contributed by atoms with van der Waals surface area (Å²) in [6, 6.07) is 10.8. The molecule has 1 N–H and O–H groups in total. The van der Waals surface area contributed by atoms with Gasteiger partial charge in [0.1, 0.15) is 9.22 Å². The molecule has 1 aliphatic heterocycles. The van der Waals surface area contributed by atoms with Crippen molar-refractivity contribution in [2.24, 2.45) is 0 Å². The van der Waals surface area contributed by atoms with Crippen molar-refractivity contribution in [3.8, 4) is 10.7 Å². The standard InChI is InChI=1S/C25H31N5O4S4/c1-4-37(31,32)29-12-10-28(11-13-29)17-20-16-26-25(36-20)21-15-19-7-5-8-22(24(19)27-21)30(18(2)3)38(33,34)23-9-6-14-35-23/h5-9,14-16,18,27H,4,10-13,17H2,1-3H3. The molecule has 1 aliphatic rings. The van der Waals surface area contributed by atoms with Gasteiger partial charge in [-0.25, -0.2) is 21.8 Å². The summed E-state index contributed by atoms with van der Waals surface area (Å²) in [5, 5.41) is 3.51. The van der Waals surface area contributed by atoms with E-state index in [1.165, 1.54) is 15.6 Å². The average Bonchev–Trinajstić information content (AvgIpc) is 3.65. The number of piperazine rings is 1. The van der Waals surface area contributed by atoms with Crippen LogP contribution in [0.25, 0.3) is 21.6 Å². The number of anilines is 1. The molecule has 0 aliphatic carbocycles. The first-order valence-electron chi connectivity index (χ1n) is 12.4. The normalized spacial score (nSPS) is 16.0. The summed E-state index contributed by atoms with van der Waals surface area (Å²) in [6.45, 7) is 8.52. The van der Waals surface area contributed by atoms with E-state index in [9.17, 15) is 16.8 Å². The van der Waals surface area contributed by atoms with Gasteiger partial charge in [0.2, 0.25) is 10.0 Å². The second-order valence-electron chi connectivity index (χ2n) is 9.46. The summed E-state index contributed by atoms with van der Waals surface area (Å²) in [6.07, 6.45) is 1.86. The molecule has 1 fully saturated rings. The summed E-state index contributed by atoms with van der Waals surface area (Å²) in [5.41, 5.74) is 2.19. The number of hydrogen-bond acceptors (Lipinski definition) is 8. The fourth-order valence-electron chi connectivity index (χ4n) is 4.71. The third kappa shape index (κ3) is 5.27. The Morgan fingerprint density at radius 2 is 1.84 bits per heavy atom. The number of aromatic nitrogens is 2. The van der Waals surface area contributed by atoms with Crippen LogP contribution < -0.4 is 4.31 Å². The molecule has 9 nitrogen and oxygen atoms in total. The number of nitrogens with zero attached hydrogens (tertiary/aromatic N) is 4. The fraction of sp³-hybridized carbons (Fsp3) is 0.400. The lowest BCUT2D eigenvalue weighted by Gasteiger charge is -2.33. The molecule has 3 aromatic heterocycles. The van der Waals surface area contributed by atoms with Crippen molar-refractivity contribution in [2.45, 2.75) is 37.6 Å². The molecule has 38 heavy (non-hydrogen) atoms. The van der Waals surface area contributed by atoms with E-state index in [-0.39, 0.29) is 11.8 Å². The molecule has 0 spiro atoms. The minimum atomic E-state index is -3.71. The molecular weight excluding hydrogens is 563 g/mol. The van der Waals surface area contributed by atoms with Gasteiger partial charge >= 0.3 is 0 Å². The smallest absolute Gasteiger partial charge is 0.274 e. The van der Waals surface area contributed by atoms with Crippen LogP contribution in [0.1, 0.15) is 25.6 Å². The van der Waals surface area contributed by atoms with Gasteiger partial charge in [0.05, 0.1) is 22.7 Å². The zero-order valence-electron chi connectivity index (χ0n) is 21.5. The van der Waals surface area contributed by atoms with Crippen molar-refractivity contribution in [1.82, 2.24) is 19.2 Å². The highest BCUT2D eigenvalue weighted by Crippen LogP contribution is 2.36. The van der Waals surface area contributed by atoms with Crippen LogP contribution in [0.4, 0.5) is 5.69 Å². The van der Waals surface area contributed by atoms with Gasteiger partial charge in [-0.15, -0.1) is 22.7 Å². The highest BCUT2D eigenvalue weighted by Gasteiger charge is 2.30. The van der Waals surface area contributed by atoms with E-state index in [0.717, 1.165) is 26.5 Å². The molecule has 0 bridgehead atoms. The molecule has 0 amide bonds. The minimum Gasteiger partial charge on any atom is -0.351 e. The maximum atomic E-state index is 13.5. The van der Waals surface area contributed by atoms with Crippen LogP contribution >= 0.6 is 22.7 Å². The first kappa shape index (κ1) is 27.3. The van der Waals surface area contributed by atoms with Crippen molar-refractivity contribution >= 4 is 59.3 Å². The van der Waals surface area contributed by atoms with E-state index in [1.807, 2.05) is 44.3 Å². The van der Waals surface area contributed by atoms with Crippen LogP contribution in [0.2, 0.25) is 0 Å². The third-order valence-corrected chi connectivity index (χ3v) is 12.9. The number of nitrogens with one attached hydrogen (secondary N) is 1. The van der Waals surface area contributed by atoms with Crippen LogP contribution in [0.15, 0.2) is 52.2 Å². The van der Waals surface area contributed by atoms with E-state index < -0.39 is 20.0 Å². The number of thiophene rings is 1. The number of sulfonamides is 2. The molecule has 1 saturated heterocycles. The summed E-state index contributed by atoms with van der Waals surface area (Å²) >= 11 is 2.80. The Morgan fingerprint density at radius 1 is 1.08 bits per heavy atom. The number of rotatable bonds is 9. The van der Waals surface area contributed by atoms with Gasteiger partial charge in [-0.05, 0) is 44.4 Å². The number of thiazole rings is 1. The number of aromatic amines is 1. The van der Waals surface area contributed by atoms with Gasteiger partial charge in [-0.1, -0.05) is 18.2 Å². The molecule has 0 atom stereocenters. The fourth-order valence-corrected chi connectivity index (χ4v) is 9.47. The Balaban J connectivity index is 1.38. The lowest BCUT2D eigenvalue weighted by Crippen LogP contribution is -2.48. The first-order chi connectivity index (χ1) is 18.1. The maximum Gasteiger partial charge on any atom is 0.274 e. The summed E-state index contributed by atoms with van der Waals surface area (Å²) in [5.74, 6) is 0.131. The molecule has 4 aromatic rings. The Labute approximate surface area is 231 Å². The quantitative estimate of drug-likeness (QED) is 0.308. The van der Waals surface area contributed by atoms with Crippen molar-refractivity contribution in [3.63, 3.8) is 0 Å². The van der Waals surface area contributed by atoms with E-state index in [4.69, 9.17) is 0 Å². The van der Waals surface area contributed by atoms with E-state index in [1.54, 1.807) is 40.1 Å². The zero-order chi connectivity index (χ0) is 27.1. The number of benzene rings is 1. The maximum absolute atomic E-state index is 13.5. The lowest BCUT2D eigenvalue weighted by molar-refractivity contribution is 0.183. The lowest BCUT2D eigenvalue weighted by atomic mass is 10.2. The second-order valence-corrected chi connectivity index (χ2v) is 15.8. The number of hydrogen-bond donors (Lipinski definition) is 1. The average molecular weight is 594 g/mol. The second kappa shape index (κ2) is 10.7. The van der Waals surface area contributed by atoms with E-state index in [2.05, 4.69) is 14.9 Å². The number of fused-ring (bicyclic) bond motifs is 1. The van der Waals surface area contributed by atoms with Crippen molar-refractivity contribution < 1.29 is 16.8 Å². The van der Waals surface area contributed by atoms with Crippen molar-refractivity contribution in [2.75, 3.05) is 36.2 Å². The van der Waals surface area contributed by atoms with E-state index >= 15 is 0 Å². The van der Waals surface area contributed by atoms with Gasteiger partial charge in [0.25, 0.3) is 10.0 Å². The topological polar surface area (TPSA) is 107 Å². The van der Waals surface area contributed by atoms with Crippen LogP contribution in [-0.2, 0) is 26.6 Å². The van der Waals surface area contributed by atoms with Crippen molar-refractivity contribution in [1.29, 1.82) is 0 Å². The summed E-state index contributed by atoms with van der Waals surface area (Å²) < 4.78 is 54.7. The number of para-hydroxylation sites is 1. The predicted molar refractivity (Wildman–Crippen MR) is 155 cm³/mol. The molecule has 0 radical (unpaired) electrons. The highest BCUT2D eigenvalue weighted by molar-refractivity contribution is 7.94. The number of H-pyrrole nitrogens is 1. The van der Waals surface area contributed by atoms with Crippen LogP contribution in [0.5, 0.6) is 0 Å². The van der Waals surface area contributed by atoms with Gasteiger partial charge in [-0.3, -0.25) is 9.21 Å². The van der Waals surface area contributed by atoms with Crippen LogP contribution in [0.3, 0.4) is 0 Å². The first-order valence-corrected chi connectivity index (χ1v) is 17.2. The van der Waals surface area contributed by atoms with E-state index in [0.29, 0.717) is 42.6 Å².